The van der Waals surface area contributed by atoms with Crippen LogP contribution >= 0.6 is 0 Å². The molecule has 0 aliphatic carbocycles. The zero-order chi connectivity index (χ0) is 22.4. The van der Waals surface area contributed by atoms with Gasteiger partial charge in [-0.1, -0.05) is 12.1 Å². The van der Waals surface area contributed by atoms with Crippen LogP contribution in [0.5, 0.6) is 17.2 Å². The molecule has 0 fully saturated rings. The Labute approximate surface area is 173 Å². The van der Waals surface area contributed by atoms with Gasteiger partial charge >= 0.3 is 5.69 Å². The molecule has 0 heterocycles. The van der Waals surface area contributed by atoms with Gasteiger partial charge in [-0.25, -0.2) is 0 Å². The lowest BCUT2D eigenvalue weighted by Crippen LogP contribution is -2.23. The minimum atomic E-state index is -0.724. The first-order valence-corrected chi connectivity index (χ1v) is 8.82. The number of nitrogens with zero attached hydrogens (tertiary/aromatic N) is 2. The molecular weight excluding hydrogens is 394 g/mol. The van der Waals surface area contributed by atoms with Crippen molar-refractivity contribution >= 4 is 23.2 Å². The number of methoxy groups -OCH3 is 3. The lowest BCUT2D eigenvalue weighted by atomic mass is 10.1. The van der Waals surface area contributed by atoms with E-state index in [1.54, 1.807) is 31.3 Å². The summed E-state index contributed by atoms with van der Waals surface area (Å²) in [6.07, 6.45) is 0. The average Bonchev–Trinajstić information content (AvgIpc) is 2.71. The normalized spacial score (nSPS) is 10.2. The van der Waals surface area contributed by atoms with Crippen LogP contribution in [0.1, 0.15) is 22.8 Å². The molecule has 10 nitrogen and oxygen atoms in total. The number of anilines is 1. The number of nitro groups is 1. The summed E-state index contributed by atoms with van der Waals surface area (Å²) in [6.45, 7) is 1.80. The third-order valence-electron chi connectivity index (χ3n) is 4.37. The number of amides is 2. The first-order valence-electron chi connectivity index (χ1n) is 8.82. The van der Waals surface area contributed by atoms with E-state index in [4.69, 9.17) is 14.2 Å². The van der Waals surface area contributed by atoms with Crippen molar-refractivity contribution in [1.29, 1.82) is 0 Å². The maximum Gasteiger partial charge on any atom is 0.327 e. The molecule has 0 aliphatic rings. The Balaban J connectivity index is 2.44. The summed E-state index contributed by atoms with van der Waals surface area (Å²) < 4.78 is 15.5. The Kier molecular flexibility index (Phi) is 7.18. The molecule has 0 radical (unpaired) electrons. The predicted molar refractivity (Wildman–Crippen MR) is 109 cm³/mol. The molecule has 30 heavy (non-hydrogen) atoms. The molecule has 0 saturated heterocycles. The summed E-state index contributed by atoms with van der Waals surface area (Å²) in [4.78, 5) is 36.8. The molecule has 10 heteroatoms. The molecular formula is C20H23N3O7. The van der Waals surface area contributed by atoms with Gasteiger partial charge in [0, 0.05) is 32.3 Å². The molecule has 0 saturated carbocycles. The highest BCUT2D eigenvalue weighted by atomic mass is 16.6. The van der Waals surface area contributed by atoms with E-state index in [1.807, 2.05) is 0 Å². The van der Waals surface area contributed by atoms with E-state index < -0.39 is 16.5 Å². The SMILES string of the molecule is COc1cc(C(=O)Nc2cccc(CN(C)C(C)=O)c2)c([N+](=O)[O-])c(OC)c1OC. The summed E-state index contributed by atoms with van der Waals surface area (Å²) in [7, 11) is 5.56. The molecule has 2 amide bonds. The van der Waals surface area contributed by atoms with Crippen molar-refractivity contribution in [2.24, 2.45) is 0 Å². The topological polar surface area (TPSA) is 120 Å². The number of nitro benzene ring substituents is 1. The van der Waals surface area contributed by atoms with Crippen molar-refractivity contribution in [2.75, 3.05) is 33.7 Å². The van der Waals surface area contributed by atoms with Gasteiger partial charge in [0.15, 0.2) is 5.75 Å². The van der Waals surface area contributed by atoms with Gasteiger partial charge in [0.2, 0.25) is 17.4 Å². The van der Waals surface area contributed by atoms with E-state index in [9.17, 15) is 19.7 Å². The van der Waals surface area contributed by atoms with Crippen LogP contribution in [0.4, 0.5) is 11.4 Å². The lowest BCUT2D eigenvalue weighted by Gasteiger charge is -2.16. The highest BCUT2D eigenvalue weighted by Crippen LogP contribution is 2.46. The van der Waals surface area contributed by atoms with Crippen LogP contribution in [-0.2, 0) is 11.3 Å². The van der Waals surface area contributed by atoms with Gasteiger partial charge in [0.1, 0.15) is 5.56 Å². The molecule has 2 aromatic rings. The summed E-state index contributed by atoms with van der Waals surface area (Å²) in [6, 6.07) is 8.06. The molecule has 0 atom stereocenters. The van der Waals surface area contributed by atoms with Crippen LogP contribution in [-0.4, -0.2) is 50.0 Å². The van der Waals surface area contributed by atoms with Crippen LogP contribution in [0, 0.1) is 10.1 Å². The summed E-state index contributed by atoms with van der Waals surface area (Å²) in [5, 5.41) is 14.3. The summed E-state index contributed by atoms with van der Waals surface area (Å²) in [5.41, 5.74) is 0.406. The molecule has 0 bridgehead atoms. The minimum absolute atomic E-state index is 0.0116. The summed E-state index contributed by atoms with van der Waals surface area (Å²) >= 11 is 0. The number of hydrogen-bond donors (Lipinski definition) is 1. The lowest BCUT2D eigenvalue weighted by molar-refractivity contribution is -0.386. The van der Waals surface area contributed by atoms with Crippen molar-refractivity contribution in [2.45, 2.75) is 13.5 Å². The van der Waals surface area contributed by atoms with Crippen molar-refractivity contribution in [3.63, 3.8) is 0 Å². The third-order valence-corrected chi connectivity index (χ3v) is 4.37. The van der Waals surface area contributed by atoms with Gasteiger partial charge in [-0.15, -0.1) is 0 Å². The van der Waals surface area contributed by atoms with E-state index in [-0.39, 0.29) is 28.7 Å². The second kappa shape index (κ2) is 9.59. The largest absolute Gasteiger partial charge is 0.493 e. The number of ether oxygens (including phenoxy) is 3. The van der Waals surface area contributed by atoms with Crippen LogP contribution in [0.25, 0.3) is 0 Å². The van der Waals surface area contributed by atoms with E-state index >= 15 is 0 Å². The van der Waals surface area contributed by atoms with Crippen LogP contribution < -0.4 is 19.5 Å². The first kappa shape index (κ1) is 22.5. The van der Waals surface area contributed by atoms with Crippen LogP contribution in [0.2, 0.25) is 0 Å². The minimum Gasteiger partial charge on any atom is -0.493 e. The molecule has 2 aromatic carbocycles. The molecule has 1 N–H and O–H groups in total. The Morgan fingerprint density at radius 1 is 1.10 bits per heavy atom. The molecule has 160 valence electrons. The fourth-order valence-corrected chi connectivity index (χ4v) is 2.83. The number of hydrogen-bond acceptors (Lipinski definition) is 7. The average molecular weight is 417 g/mol. The standard InChI is InChI=1S/C20H23N3O7/c1-12(24)22(2)11-13-7-6-8-14(9-13)21-20(25)15-10-16(28-3)18(29-4)19(30-5)17(15)23(26)27/h6-10H,11H2,1-5H3,(H,21,25). The van der Waals surface area contributed by atoms with Gasteiger partial charge in [0.05, 0.1) is 26.3 Å². The highest BCUT2D eigenvalue weighted by molar-refractivity contribution is 6.08. The zero-order valence-electron chi connectivity index (χ0n) is 17.3. The quantitative estimate of drug-likeness (QED) is 0.518. The number of carbonyl (C=O) groups excluding carboxylic acids is 2. The van der Waals surface area contributed by atoms with Gasteiger partial charge in [-0.2, -0.15) is 0 Å². The number of nitrogens with one attached hydrogen (secondary N) is 1. The Morgan fingerprint density at radius 2 is 1.77 bits per heavy atom. The number of benzene rings is 2. The fourth-order valence-electron chi connectivity index (χ4n) is 2.83. The Bertz CT molecular complexity index is 975. The smallest absolute Gasteiger partial charge is 0.327 e. The second-order valence-corrected chi connectivity index (χ2v) is 6.33. The molecule has 2 rings (SSSR count). The maximum atomic E-state index is 12.9. The first-order chi connectivity index (χ1) is 14.2. The van der Waals surface area contributed by atoms with E-state index in [2.05, 4.69) is 5.32 Å². The second-order valence-electron chi connectivity index (χ2n) is 6.33. The predicted octanol–water partition coefficient (Wildman–Crippen LogP) is 2.85. The van der Waals surface area contributed by atoms with Crippen molar-refractivity contribution < 1.29 is 28.7 Å². The van der Waals surface area contributed by atoms with Gasteiger partial charge in [0.25, 0.3) is 5.91 Å². The molecule has 0 unspecified atom stereocenters. The van der Waals surface area contributed by atoms with Crippen molar-refractivity contribution in [1.82, 2.24) is 4.90 Å². The van der Waals surface area contributed by atoms with Crippen molar-refractivity contribution in [3.8, 4) is 17.2 Å². The highest BCUT2D eigenvalue weighted by Gasteiger charge is 2.32. The van der Waals surface area contributed by atoms with Gasteiger partial charge in [-0.05, 0) is 17.7 Å². The Hall–Kier alpha value is -3.82. The molecule has 0 aromatic heterocycles. The monoisotopic (exact) mass is 417 g/mol. The van der Waals surface area contributed by atoms with E-state index in [0.29, 0.717) is 12.2 Å². The van der Waals surface area contributed by atoms with E-state index in [0.717, 1.165) is 5.56 Å². The third kappa shape index (κ3) is 4.77. The zero-order valence-corrected chi connectivity index (χ0v) is 17.3. The summed E-state index contributed by atoms with van der Waals surface area (Å²) in [5.74, 6) is -0.918. The van der Waals surface area contributed by atoms with Gasteiger partial charge in [-0.3, -0.25) is 19.7 Å². The van der Waals surface area contributed by atoms with E-state index in [1.165, 1.54) is 39.2 Å². The van der Waals surface area contributed by atoms with Crippen molar-refractivity contribution in [3.05, 3.63) is 51.6 Å². The molecule has 0 spiro atoms. The van der Waals surface area contributed by atoms with Crippen LogP contribution in [0.15, 0.2) is 30.3 Å². The Morgan fingerprint density at radius 3 is 2.30 bits per heavy atom. The fraction of sp³-hybridized carbons (Fsp3) is 0.300. The maximum absolute atomic E-state index is 12.9. The van der Waals surface area contributed by atoms with Crippen LogP contribution in [0.3, 0.4) is 0 Å². The van der Waals surface area contributed by atoms with Gasteiger partial charge < -0.3 is 24.4 Å². The number of rotatable bonds is 8. The molecule has 0 aliphatic heterocycles. The number of carbonyl (C=O) groups is 2.